The molecule has 2 N–H and O–H groups in total. The van der Waals surface area contributed by atoms with Crippen molar-refractivity contribution in [1.82, 2.24) is 4.90 Å². The Morgan fingerprint density at radius 3 is 2.36 bits per heavy atom. The number of aryl methyl sites for hydroxylation is 2. The normalized spacial score (nSPS) is 21.8. The predicted molar refractivity (Wildman–Crippen MR) is 87.1 cm³/mol. The molecule has 1 aliphatic rings. The van der Waals surface area contributed by atoms with Crippen molar-refractivity contribution in [2.24, 2.45) is 0 Å². The van der Waals surface area contributed by atoms with Gasteiger partial charge < -0.3 is 20.1 Å². The number of β-amino-alcohol motifs (C(OH)–C–C–N with tert-alkyl or cyclic N) is 1. The summed E-state index contributed by atoms with van der Waals surface area (Å²) in [6, 6.07) is 5.99. The maximum absolute atomic E-state index is 12.1. The van der Waals surface area contributed by atoms with Crippen molar-refractivity contribution in [2.45, 2.75) is 52.4 Å². The van der Waals surface area contributed by atoms with Crippen LogP contribution < -0.4 is 5.32 Å². The Bertz CT molecular complexity index is 531. The van der Waals surface area contributed by atoms with Gasteiger partial charge >= 0.3 is 6.09 Å². The third-order valence-corrected chi connectivity index (χ3v) is 3.51. The van der Waals surface area contributed by atoms with Crippen LogP contribution in [0.4, 0.5) is 10.5 Å². The molecule has 0 spiro atoms. The zero-order valence-corrected chi connectivity index (χ0v) is 14.0. The third-order valence-electron chi connectivity index (χ3n) is 3.51. The summed E-state index contributed by atoms with van der Waals surface area (Å²) >= 11 is 0. The van der Waals surface area contributed by atoms with E-state index in [2.05, 4.69) is 11.4 Å². The fourth-order valence-electron chi connectivity index (χ4n) is 2.68. The smallest absolute Gasteiger partial charge is 0.410 e. The van der Waals surface area contributed by atoms with Crippen LogP contribution in [-0.4, -0.2) is 46.9 Å². The van der Waals surface area contributed by atoms with Crippen LogP contribution in [0.2, 0.25) is 0 Å². The molecule has 0 bridgehead atoms. The van der Waals surface area contributed by atoms with Crippen molar-refractivity contribution >= 4 is 11.8 Å². The average Bonchev–Trinajstić information content (AvgIpc) is 2.67. The van der Waals surface area contributed by atoms with Crippen LogP contribution in [0, 0.1) is 13.8 Å². The van der Waals surface area contributed by atoms with E-state index in [0.717, 1.165) is 5.69 Å². The van der Waals surface area contributed by atoms with Gasteiger partial charge in [0, 0.05) is 12.2 Å². The van der Waals surface area contributed by atoms with Crippen molar-refractivity contribution < 1.29 is 14.6 Å². The van der Waals surface area contributed by atoms with Crippen molar-refractivity contribution in [3.05, 3.63) is 29.3 Å². The van der Waals surface area contributed by atoms with Crippen LogP contribution in [0.25, 0.3) is 0 Å². The number of hydrogen-bond acceptors (Lipinski definition) is 4. The van der Waals surface area contributed by atoms with Crippen LogP contribution in [0.5, 0.6) is 0 Å². The Kier molecular flexibility index (Phi) is 4.66. The molecular weight excluding hydrogens is 280 g/mol. The molecule has 22 heavy (non-hydrogen) atoms. The lowest BCUT2D eigenvalue weighted by Gasteiger charge is -2.24. The molecule has 122 valence electrons. The number of nitrogens with zero attached hydrogens (tertiary/aromatic N) is 1. The van der Waals surface area contributed by atoms with Crippen LogP contribution in [-0.2, 0) is 4.74 Å². The zero-order chi connectivity index (χ0) is 16.5. The SMILES string of the molecule is Cc1cc(C)cc(N[C@@H]2CN(C(=O)OC(C)(C)C)C[C@H]2O)c1. The van der Waals surface area contributed by atoms with Gasteiger partial charge in [-0.2, -0.15) is 0 Å². The van der Waals surface area contributed by atoms with E-state index in [1.165, 1.54) is 11.1 Å². The number of hydrogen-bond donors (Lipinski definition) is 2. The number of aliphatic hydroxyl groups excluding tert-OH is 1. The minimum absolute atomic E-state index is 0.186. The molecule has 0 saturated carbocycles. The number of carbonyl (C=O) groups is 1. The molecule has 1 fully saturated rings. The summed E-state index contributed by atoms with van der Waals surface area (Å²) in [5.41, 5.74) is 2.77. The summed E-state index contributed by atoms with van der Waals surface area (Å²) in [7, 11) is 0. The number of likely N-dealkylation sites (tertiary alicyclic amines) is 1. The molecule has 0 aliphatic carbocycles. The number of nitrogens with one attached hydrogen (secondary N) is 1. The zero-order valence-electron chi connectivity index (χ0n) is 14.0. The Morgan fingerprint density at radius 2 is 1.82 bits per heavy atom. The first-order valence-electron chi connectivity index (χ1n) is 7.65. The molecule has 2 rings (SSSR count). The van der Waals surface area contributed by atoms with Gasteiger partial charge in [-0.05, 0) is 57.9 Å². The number of amides is 1. The van der Waals surface area contributed by atoms with Gasteiger partial charge in [0.25, 0.3) is 0 Å². The van der Waals surface area contributed by atoms with Gasteiger partial charge in [0.2, 0.25) is 0 Å². The van der Waals surface area contributed by atoms with Crippen molar-refractivity contribution in [3.8, 4) is 0 Å². The van der Waals surface area contributed by atoms with Crippen LogP contribution in [0.15, 0.2) is 18.2 Å². The highest BCUT2D eigenvalue weighted by Crippen LogP contribution is 2.21. The lowest BCUT2D eigenvalue weighted by atomic mass is 10.1. The number of benzene rings is 1. The summed E-state index contributed by atoms with van der Waals surface area (Å²) in [6.45, 7) is 10.3. The minimum Gasteiger partial charge on any atom is -0.444 e. The lowest BCUT2D eigenvalue weighted by Crippen LogP contribution is -2.36. The Labute approximate surface area is 132 Å². The Morgan fingerprint density at radius 1 is 1.23 bits per heavy atom. The molecule has 2 atom stereocenters. The number of anilines is 1. The summed E-state index contributed by atoms with van der Waals surface area (Å²) in [5.74, 6) is 0. The standard InChI is InChI=1S/C17H26N2O3/c1-11-6-12(2)8-13(7-11)18-14-9-19(10-15(14)20)16(21)22-17(3,4)5/h6-8,14-15,18,20H,9-10H2,1-5H3/t14-,15-/m1/s1. The third kappa shape index (κ3) is 4.37. The van der Waals surface area contributed by atoms with Gasteiger partial charge in [-0.1, -0.05) is 6.07 Å². The van der Waals surface area contributed by atoms with Crippen molar-refractivity contribution in [3.63, 3.8) is 0 Å². The quantitative estimate of drug-likeness (QED) is 0.882. The van der Waals surface area contributed by atoms with Crippen molar-refractivity contribution in [2.75, 3.05) is 18.4 Å². The summed E-state index contributed by atoms with van der Waals surface area (Å²) in [4.78, 5) is 13.6. The van der Waals surface area contributed by atoms with Gasteiger partial charge in [-0.25, -0.2) is 4.79 Å². The summed E-state index contributed by atoms with van der Waals surface area (Å²) in [6.07, 6.45) is -0.982. The summed E-state index contributed by atoms with van der Waals surface area (Å²) < 4.78 is 5.35. The number of aliphatic hydroxyl groups is 1. The lowest BCUT2D eigenvalue weighted by molar-refractivity contribution is 0.0270. The highest BCUT2D eigenvalue weighted by Gasteiger charge is 2.36. The predicted octanol–water partition coefficient (Wildman–Crippen LogP) is 2.70. The van der Waals surface area contributed by atoms with Gasteiger partial charge in [0.15, 0.2) is 0 Å². The molecule has 1 saturated heterocycles. The summed E-state index contributed by atoms with van der Waals surface area (Å²) in [5, 5.41) is 13.5. The van der Waals surface area contributed by atoms with E-state index in [0.29, 0.717) is 6.54 Å². The molecule has 0 radical (unpaired) electrons. The molecule has 5 nitrogen and oxygen atoms in total. The fourth-order valence-corrected chi connectivity index (χ4v) is 2.68. The Balaban J connectivity index is 2.00. The molecule has 5 heteroatoms. The molecule has 1 amide bonds. The van der Waals surface area contributed by atoms with E-state index < -0.39 is 11.7 Å². The van der Waals surface area contributed by atoms with Gasteiger partial charge in [-0.15, -0.1) is 0 Å². The van der Waals surface area contributed by atoms with Gasteiger partial charge in [-0.3, -0.25) is 0 Å². The fraction of sp³-hybridized carbons (Fsp3) is 0.588. The highest BCUT2D eigenvalue weighted by atomic mass is 16.6. The van der Waals surface area contributed by atoms with Crippen LogP contribution >= 0.6 is 0 Å². The number of carbonyl (C=O) groups excluding carboxylic acids is 1. The van der Waals surface area contributed by atoms with E-state index in [1.54, 1.807) is 4.90 Å². The second kappa shape index (κ2) is 6.16. The first-order chi connectivity index (χ1) is 10.1. The molecule has 1 heterocycles. The maximum Gasteiger partial charge on any atom is 0.410 e. The number of rotatable bonds is 2. The maximum atomic E-state index is 12.1. The monoisotopic (exact) mass is 306 g/mol. The molecule has 1 aromatic carbocycles. The van der Waals surface area contributed by atoms with E-state index >= 15 is 0 Å². The van der Waals surface area contributed by atoms with Crippen LogP contribution in [0.3, 0.4) is 0 Å². The first-order valence-corrected chi connectivity index (χ1v) is 7.65. The molecule has 0 aromatic heterocycles. The highest BCUT2D eigenvalue weighted by molar-refractivity contribution is 5.69. The van der Waals surface area contributed by atoms with E-state index in [-0.39, 0.29) is 18.7 Å². The molecule has 0 unspecified atom stereocenters. The largest absolute Gasteiger partial charge is 0.444 e. The van der Waals surface area contributed by atoms with E-state index in [9.17, 15) is 9.90 Å². The first kappa shape index (κ1) is 16.6. The van der Waals surface area contributed by atoms with Gasteiger partial charge in [0.1, 0.15) is 5.60 Å². The molecular formula is C17H26N2O3. The minimum atomic E-state index is -0.603. The van der Waals surface area contributed by atoms with Gasteiger partial charge in [0.05, 0.1) is 18.7 Å². The van der Waals surface area contributed by atoms with Crippen molar-refractivity contribution in [1.29, 1.82) is 0 Å². The Hall–Kier alpha value is -1.75. The molecule has 1 aliphatic heterocycles. The average molecular weight is 306 g/mol. The molecule has 1 aromatic rings. The topological polar surface area (TPSA) is 61.8 Å². The van der Waals surface area contributed by atoms with E-state index in [4.69, 9.17) is 4.74 Å². The number of ether oxygens (including phenoxy) is 1. The second-order valence-electron chi connectivity index (χ2n) is 7.08. The van der Waals surface area contributed by atoms with E-state index in [1.807, 2.05) is 46.8 Å². The van der Waals surface area contributed by atoms with Crippen LogP contribution in [0.1, 0.15) is 31.9 Å². The second-order valence-corrected chi connectivity index (χ2v) is 7.08.